The SMILES string of the molecule is COc1cccc(NC(=O)CN(C)C(=O)/C=C/c2ccc(Br)s2)c1. The van der Waals surface area contributed by atoms with Gasteiger partial charge in [-0.3, -0.25) is 9.59 Å². The van der Waals surface area contributed by atoms with Crippen LogP contribution in [0.3, 0.4) is 0 Å². The predicted molar refractivity (Wildman–Crippen MR) is 100 cm³/mol. The van der Waals surface area contributed by atoms with Crippen LogP contribution in [0.1, 0.15) is 4.88 Å². The quantitative estimate of drug-likeness (QED) is 0.742. The number of amides is 2. The summed E-state index contributed by atoms with van der Waals surface area (Å²) in [6, 6.07) is 10.9. The van der Waals surface area contributed by atoms with Crippen molar-refractivity contribution in [2.45, 2.75) is 0 Å². The number of ether oxygens (including phenoxy) is 1. The maximum atomic E-state index is 12.0. The molecule has 7 heteroatoms. The van der Waals surface area contributed by atoms with Gasteiger partial charge in [0.1, 0.15) is 5.75 Å². The van der Waals surface area contributed by atoms with E-state index in [2.05, 4.69) is 21.2 Å². The lowest BCUT2D eigenvalue weighted by Crippen LogP contribution is -2.33. The molecule has 126 valence electrons. The highest BCUT2D eigenvalue weighted by Crippen LogP contribution is 2.23. The number of hydrogen-bond acceptors (Lipinski definition) is 4. The number of anilines is 1. The minimum absolute atomic E-state index is 0.0332. The number of thiophene rings is 1. The number of hydrogen-bond donors (Lipinski definition) is 1. The fourth-order valence-electron chi connectivity index (χ4n) is 1.89. The molecule has 0 saturated carbocycles. The molecule has 2 rings (SSSR count). The van der Waals surface area contributed by atoms with Crippen molar-refractivity contribution >= 4 is 50.8 Å². The van der Waals surface area contributed by atoms with E-state index in [9.17, 15) is 9.59 Å². The van der Waals surface area contributed by atoms with Crippen LogP contribution in [0.2, 0.25) is 0 Å². The molecule has 0 aliphatic heterocycles. The topological polar surface area (TPSA) is 58.6 Å². The van der Waals surface area contributed by atoms with E-state index in [1.165, 1.54) is 22.3 Å². The van der Waals surface area contributed by atoms with Crippen molar-refractivity contribution in [2.75, 3.05) is 26.0 Å². The van der Waals surface area contributed by atoms with Crippen LogP contribution < -0.4 is 10.1 Å². The minimum atomic E-state index is -0.272. The summed E-state index contributed by atoms with van der Waals surface area (Å²) in [4.78, 5) is 26.4. The summed E-state index contributed by atoms with van der Waals surface area (Å²) in [5.74, 6) is 0.147. The van der Waals surface area contributed by atoms with Crippen LogP contribution >= 0.6 is 27.3 Å². The molecular formula is C17H17BrN2O3S. The Morgan fingerprint density at radius 2 is 2.12 bits per heavy atom. The van der Waals surface area contributed by atoms with Crippen molar-refractivity contribution in [1.29, 1.82) is 0 Å². The van der Waals surface area contributed by atoms with Gasteiger partial charge in [-0.2, -0.15) is 0 Å². The molecule has 1 N–H and O–H groups in total. The maximum Gasteiger partial charge on any atom is 0.246 e. The van der Waals surface area contributed by atoms with Gasteiger partial charge in [0.2, 0.25) is 11.8 Å². The Kier molecular flexibility index (Phi) is 6.57. The lowest BCUT2D eigenvalue weighted by atomic mass is 10.3. The van der Waals surface area contributed by atoms with Crippen LogP contribution in [-0.2, 0) is 9.59 Å². The number of nitrogens with one attached hydrogen (secondary N) is 1. The van der Waals surface area contributed by atoms with Crippen LogP contribution in [-0.4, -0.2) is 37.4 Å². The highest BCUT2D eigenvalue weighted by molar-refractivity contribution is 9.11. The first-order valence-electron chi connectivity index (χ1n) is 7.10. The number of carbonyl (C=O) groups is 2. The number of nitrogens with zero attached hydrogens (tertiary/aromatic N) is 1. The van der Waals surface area contributed by atoms with Gasteiger partial charge in [0, 0.05) is 29.8 Å². The Bertz CT molecular complexity index is 758. The third-order valence-corrected chi connectivity index (χ3v) is 4.68. The Morgan fingerprint density at radius 3 is 2.79 bits per heavy atom. The summed E-state index contributed by atoms with van der Waals surface area (Å²) in [5, 5.41) is 2.74. The number of benzene rings is 1. The van der Waals surface area contributed by atoms with Gasteiger partial charge in [0.15, 0.2) is 0 Å². The Hall–Kier alpha value is -2.12. The van der Waals surface area contributed by atoms with Crippen molar-refractivity contribution in [2.24, 2.45) is 0 Å². The smallest absolute Gasteiger partial charge is 0.246 e. The monoisotopic (exact) mass is 408 g/mol. The molecule has 0 atom stereocenters. The van der Waals surface area contributed by atoms with E-state index in [0.29, 0.717) is 11.4 Å². The van der Waals surface area contributed by atoms with Gasteiger partial charge in [-0.25, -0.2) is 0 Å². The van der Waals surface area contributed by atoms with E-state index in [0.717, 1.165) is 8.66 Å². The number of halogens is 1. The van der Waals surface area contributed by atoms with E-state index in [1.54, 1.807) is 44.5 Å². The molecule has 0 unspecified atom stereocenters. The van der Waals surface area contributed by atoms with Gasteiger partial charge < -0.3 is 15.0 Å². The highest BCUT2D eigenvalue weighted by Gasteiger charge is 2.11. The molecule has 0 aliphatic carbocycles. The zero-order valence-electron chi connectivity index (χ0n) is 13.3. The first-order chi connectivity index (χ1) is 11.5. The molecule has 0 aliphatic rings. The van der Waals surface area contributed by atoms with Gasteiger partial charge >= 0.3 is 0 Å². The molecule has 0 bridgehead atoms. The van der Waals surface area contributed by atoms with Crippen molar-refractivity contribution < 1.29 is 14.3 Å². The minimum Gasteiger partial charge on any atom is -0.497 e. The third-order valence-electron chi connectivity index (χ3n) is 3.09. The summed E-state index contributed by atoms with van der Waals surface area (Å²) in [6.45, 7) is -0.0332. The summed E-state index contributed by atoms with van der Waals surface area (Å²) >= 11 is 4.90. The van der Waals surface area contributed by atoms with Gasteiger partial charge in [-0.05, 0) is 46.3 Å². The number of carbonyl (C=O) groups excluding carboxylic acids is 2. The molecule has 0 radical (unpaired) electrons. The molecule has 0 fully saturated rings. The lowest BCUT2D eigenvalue weighted by molar-refractivity contribution is -0.129. The second-order valence-electron chi connectivity index (χ2n) is 4.95. The zero-order chi connectivity index (χ0) is 17.5. The first-order valence-corrected chi connectivity index (χ1v) is 8.71. The molecule has 2 aromatic rings. The summed E-state index contributed by atoms with van der Waals surface area (Å²) in [5.41, 5.74) is 0.624. The van der Waals surface area contributed by atoms with Crippen molar-refractivity contribution in [3.8, 4) is 5.75 Å². The van der Waals surface area contributed by atoms with Crippen LogP contribution in [0.15, 0.2) is 46.3 Å². The third kappa shape index (κ3) is 5.50. The summed E-state index contributed by atoms with van der Waals surface area (Å²) in [7, 11) is 3.15. The lowest BCUT2D eigenvalue weighted by Gasteiger charge is -2.15. The van der Waals surface area contributed by atoms with E-state index in [-0.39, 0.29) is 18.4 Å². The van der Waals surface area contributed by atoms with E-state index in [1.807, 2.05) is 12.1 Å². The molecular weight excluding hydrogens is 392 g/mol. The Labute approximate surface area is 153 Å². The summed E-state index contributed by atoms with van der Waals surface area (Å²) < 4.78 is 6.10. The first kappa shape index (κ1) is 18.2. The maximum absolute atomic E-state index is 12.0. The van der Waals surface area contributed by atoms with Crippen molar-refractivity contribution in [1.82, 2.24) is 4.90 Å². The van der Waals surface area contributed by atoms with Crippen LogP contribution in [0.4, 0.5) is 5.69 Å². The molecule has 0 spiro atoms. The van der Waals surface area contributed by atoms with Crippen LogP contribution in [0.25, 0.3) is 6.08 Å². The average molecular weight is 409 g/mol. The van der Waals surface area contributed by atoms with Gasteiger partial charge in [0.25, 0.3) is 0 Å². The van der Waals surface area contributed by atoms with Crippen LogP contribution in [0.5, 0.6) is 5.75 Å². The average Bonchev–Trinajstić information content (AvgIpc) is 2.98. The van der Waals surface area contributed by atoms with Gasteiger partial charge in [-0.15, -0.1) is 11.3 Å². The van der Waals surface area contributed by atoms with Crippen molar-refractivity contribution in [3.63, 3.8) is 0 Å². The number of likely N-dealkylation sites (N-methyl/N-ethyl adjacent to an activating group) is 1. The van der Waals surface area contributed by atoms with Gasteiger partial charge in [-0.1, -0.05) is 6.07 Å². The van der Waals surface area contributed by atoms with E-state index in [4.69, 9.17) is 4.74 Å². The highest BCUT2D eigenvalue weighted by atomic mass is 79.9. The molecule has 5 nitrogen and oxygen atoms in total. The predicted octanol–water partition coefficient (Wildman–Crippen LogP) is 3.63. The molecule has 24 heavy (non-hydrogen) atoms. The van der Waals surface area contributed by atoms with Gasteiger partial charge in [0.05, 0.1) is 17.4 Å². The number of rotatable bonds is 6. The zero-order valence-corrected chi connectivity index (χ0v) is 15.7. The standard InChI is InChI=1S/C17H17BrN2O3S/c1-20(17(22)9-7-14-6-8-15(18)24-14)11-16(21)19-12-4-3-5-13(10-12)23-2/h3-10H,11H2,1-2H3,(H,19,21)/b9-7+. The Morgan fingerprint density at radius 1 is 1.33 bits per heavy atom. The molecule has 2 amide bonds. The van der Waals surface area contributed by atoms with Crippen LogP contribution in [0, 0.1) is 0 Å². The second-order valence-corrected chi connectivity index (χ2v) is 7.44. The van der Waals surface area contributed by atoms with E-state index < -0.39 is 0 Å². The molecule has 1 heterocycles. The summed E-state index contributed by atoms with van der Waals surface area (Å²) in [6.07, 6.45) is 3.19. The Balaban J connectivity index is 1.88. The molecule has 0 saturated heterocycles. The molecule has 1 aromatic carbocycles. The van der Waals surface area contributed by atoms with E-state index >= 15 is 0 Å². The molecule has 1 aromatic heterocycles. The second kappa shape index (κ2) is 8.65. The fourth-order valence-corrected chi connectivity index (χ4v) is 3.22. The van der Waals surface area contributed by atoms with Crippen molar-refractivity contribution in [3.05, 3.63) is 51.1 Å². The normalized spacial score (nSPS) is 10.6. The largest absolute Gasteiger partial charge is 0.497 e. The fraction of sp³-hybridized carbons (Fsp3) is 0.176. The number of methoxy groups -OCH3 is 1.